The first-order valence-corrected chi connectivity index (χ1v) is 5.71. The summed E-state index contributed by atoms with van der Waals surface area (Å²) in [5, 5.41) is 11.4. The van der Waals surface area contributed by atoms with Gasteiger partial charge in [-0.2, -0.15) is 10.2 Å². The zero-order valence-corrected chi connectivity index (χ0v) is 10.5. The quantitative estimate of drug-likeness (QED) is 0.830. The molecule has 0 spiro atoms. The van der Waals surface area contributed by atoms with Crippen LogP contribution in [0.25, 0.3) is 5.69 Å². The molecule has 0 bridgehead atoms. The maximum Gasteiger partial charge on any atom is 0.199 e. The van der Waals surface area contributed by atoms with Crippen LogP contribution >= 0.6 is 12.2 Å². The standard InChI is InChI=1S/C10H15N5S/c1-4-5-9-11-12-10(16)15(9)8-6-14(3)13-7(8)2/h6H,4-5H2,1-3H3,(H,12,16). The molecule has 2 aromatic heterocycles. The molecule has 2 rings (SSSR count). The average molecular weight is 237 g/mol. The van der Waals surface area contributed by atoms with Crippen LogP contribution in [0.5, 0.6) is 0 Å². The van der Waals surface area contributed by atoms with Gasteiger partial charge in [0.15, 0.2) is 4.77 Å². The number of H-pyrrole nitrogens is 1. The van der Waals surface area contributed by atoms with Crippen molar-refractivity contribution in [2.45, 2.75) is 26.7 Å². The molecule has 0 amide bonds. The molecule has 0 unspecified atom stereocenters. The zero-order chi connectivity index (χ0) is 11.7. The molecule has 16 heavy (non-hydrogen) atoms. The molecule has 0 saturated carbocycles. The highest BCUT2D eigenvalue weighted by Gasteiger charge is 2.11. The van der Waals surface area contributed by atoms with Crippen molar-refractivity contribution in [3.63, 3.8) is 0 Å². The van der Waals surface area contributed by atoms with Crippen LogP contribution in [0.4, 0.5) is 0 Å². The number of hydrogen-bond donors (Lipinski definition) is 1. The predicted molar refractivity (Wildman–Crippen MR) is 64.2 cm³/mol. The normalized spacial score (nSPS) is 10.9. The maximum atomic E-state index is 5.25. The van der Waals surface area contributed by atoms with Crippen molar-refractivity contribution < 1.29 is 0 Å². The first-order valence-electron chi connectivity index (χ1n) is 5.30. The number of rotatable bonds is 3. The van der Waals surface area contributed by atoms with E-state index in [2.05, 4.69) is 22.2 Å². The summed E-state index contributed by atoms with van der Waals surface area (Å²) < 4.78 is 4.37. The maximum absolute atomic E-state index is 5.25. The second kappa shape index (κ2) is 4.21. The molecule has 0 aliphatic carbocycles. The van der Waals surface area contributed by atoms with Crippen molar-refractivity contribution in [3.05, 3.63) is 22.5 Å². The number of aromatic amines is 1. The van der Waals surface area contributed by atoms with Crippen LogP contribution in [0.15, 0.2) is 6.20 Å². The molecule has 2 heterocycles. The van der Waals surface area contributed by atoms with E-state index in [1.807, 2.05) is 24.7 Å². The minimum atomic E-state index is 0.625. The molecular weight excluding hydrogens is 222 g/mol. The molecule has 1 N–H and O–H groups in total. The van der Waals surface area contributed by atoms with Crippen LogP contribution in [0.2, 0.25) is 0 Å². The fourth-order valence-electron chi connectivity index (χ4n) is 1.78. The molecule has 86 valence electrons. The molecule has 0 aliphatic rings. The molecule has 0 fully saturated rings. The van der Waals surface area contributed by atoms with E-state index in [0.717, 1.165) is 30.0 Å². The van der Waals surface area contributed by atoms with Gasteiger partial charge in [-0.3, -0.25) is 14.3 Å². The topological polar surface area (TPSA) is 51.4 Å². The lowest BCUT2D eigenvalue weighted by Crippen LogP contribution is -2.01. The molecule has 2 aromatic rings. The fourth-order valence-corrected chi connectivity index (χ4v) is 2.03. The van der Waals surface area contributed by atoms with Crippen molar-refractivity contribution in [3.8, 4) is 5.69 Å². The Morgan fingerprint density at radius 2 is 2.25 bits per heavy atom. The molecule has 0 aliphatic heterocycles. The highest BCUT2D eigenvalue weighted by atomic mass is 32.1. The van der Waals surface area contributed by atoms with Crippen molar-refractivity contribution in [1.29, 1.82) is 0 Å². The van der Waals surface area contributed by atoms with Crippen molar-refractivity contribution in [2.75, 3.05) is 0 Å². The second-order valence-electron chi connectivity index (χ2n) is 3.80. The van der Waals surface area contributed by atoms with E-state index < -0.39 is 0 Å². The Morgan fingerprint density at radius 1 is 1.50 bits per heavy atom. The monoisotopic (exact) mass is 237 g/mol. The summed E-state index contributed by atoms with van der Waals surface area (Å²) in [6, 6.07) is 0. The summed E-state index contributed by atoms with van der Waals surface area (Å²) in [7, 11) is 1.90. The highest BCUT2D eigenvalue weighted by Crippen LogP contribution is 2.15. The van der Waals surface area contributed by atoms with Crippen LogP contribution in [-0.2, 0) is 13.5 Å². The van der Waals surface area contributed by atoms with Crippen molar-refractivity contribution in [2.24, 2.45) is 7.05 Å². The van der Waals surface area contributed by atoms with Crippen LogP contribution in [0.1, 0.15) is 24.9 Å². The molecule has 0 atom stereocenters. The van der Waals surface area contributed by atoms with Crippen LogP contribution in [-0.4, -0.2) is 24.5 Å². The third-order valence-electron chi connectivity index (χ3n) is 2.44. The van der Waals surface area contributed by atoms with Crippen molar-refractivity contribution in [1.82, 2.24) is 24.5 Å². The van der Waals surface area contributed by atoms with E-state index >= 15 is 0 Å². The minimum Gasteiger partial charge on any atom is -0.273 e. The summed E-state index contributed by atoms with van der Waals surface area (Å²) >= 11 is 5.25. The number of nitrogens with zero attached hydrogens (tertiary/aromatic N) is 4. The predicted octanol–water partition coefficient (Wildman–Crippen LogP) is 1.92. The van der Waals surface area contributed by atoms with Crippen LogP contribution in [0.3, 0.4) is 0 Å². The van der Waals surface area contributed by atoms with Gasteiger partial charge in [0.05, 0.1) is 11.4 Å². The number of aryl methyl sites for hydroxylation is 3. The lowest BCUT2D eigenvalue weighted by molar-refractivity contribution is 0.756. The third kappa shape index (κ3) is 1.80. The lowest BCUT2D eigenvalue weighted by Gasteiger charge is -2.03. The van der Waals surface area contributed by atoms with Gasteiger partial charge in [-0.05, 0) is 25.6 Å². The average Bonchev–Trinajstić information content (AvgIpc) is 2.71. The Labute approximate surface area is 99.1 Å². The summed E-state index contributed by atoms with van der Waals surface area (Å²) in [5.41, 5.74) is 1.96. The van der Waals surface area contributed by atoms with Gasteiger partial charge in [0, 0.05) is 19.7 Å². The SMILES string of the molecule is CCCc1n[nH]c(=S)n1-c1cn(C)nc1C. The largest absolute Gasteiger partial charge is 0.273 e. The van der Waals surface area contributed by atoms with Gasteiger partial charge in [0.1, 0.15) is 5.82 Å². The number of nitrogens with one attached hydrogen (secondary N) is 1. The molecule has 0 aromatic carbocycles. The molecule has 6 heteroatoms. The molecule has 0 radical (unpaired) electrons. The summed E-state index contributed by atoms with van der Waals surface area (Å²) in [6.45, 7) is 4.10. The smallest absolute Gasteiger partial charge is 0.199 e. The van der Waals surface area contributed by atoms with Crippen LogP contribution < -0.4 is 0 Å². The Hall–Kier alpha value is -1.43. The lowest BCUT2D eigenvalue weighted by atomic mass is 10.3. The molecule has 0 saturated heterocycles. The van der Waals surface area contributed by atoms with Gasteiger partial charge in [-0.1, -0.05) is 6.92 Å². The van der Waals surface area contributed by atoms with E-state index in [0.29, 0.717) is 4.77 Å². The minimum absolute atomic E-state index is 0.625. The Balaban J connectivity index is 2.58. The summed E-state index contributed by atoms with van der Waals surface area (Å²) in [6.07, 6.45) is 3.90. The molecule has 5 nitrogen and oxygen atoms in total. The second-order valence-corrected chi connectivity index (χ2v) is 4.19. The Kier molecular flexibility index (Phi) is 2.91. The first kappa shape index (κ1) is 11.1. The van der Waals surface area contributed by atoms with Gasteiger partial charge in [0.2, 0.25) is 0 Å². The highest BCUT2D eigenvalue weighted by molar-refractivity contribution is 7.71. The number of hydrogen-bond acceptors (Lipinski definition) is 3. The Morgan fingerprint density at radius 3 is 2.81 bits per heavy atom. The van der Waals surface area contributed by atoms with Gasteiger partial charge in [-0.15, -0.1) is 0 Å². The first-order chi connectivity index (χ1) is 7.63. The summed E-state index contributed by atoms with van der Waals surface area (Å²) in [5.74, 6) is 0.962. The fraction of sp³-hybridized carbons (Fsp3) is 0.500. The number of aromatic nitrogens is 5. The van der Waals surface area contributed by atoms with E-state index in [4.69, 9.17) is 12.2 Å². The van der Waals surface area contributed by atoms with E-state index in [9.17, 15) is 0 Å². The summed E-state index contributed by atoms with van der Waals surface area (Å²) in [4.78, 5) is 0. The van der Waals surface area contributed by atoms with Gasteiger partial charge < -0.3 is 0 Å². The van der Waals surface area contributed by atoms with E-state index in [-0.39, 0.29) is 0 Å². The van der Waals surface area contributed by atoms with Gasteiger partial charge in [-0.25, -0.2) is 0 Å². The van der Waals surface area contributed by atoms with Gasteiger partial charge >= 0.3 is 0 Å². The molecular formula is C10H15N5S. The van der Waals surface area contributed by atoms with E-state index in [1.54, 1.807) is 4.68 Å². The van der Waals surface area contributed by atoms with Gasteiger partial charge in [0.25, 0.3) is 0 Å². The zero-order valence-electron chi connectivity index (χ0n) is 9.69. The third-order valence-corrected chi connectivity index (χ3v) is 2.72. The van der Waals surface area contributed by atoms with E-state index in [1.165, 1.54) is 0 Å². The van der Waals surface area contributed by atoms with Crippen molar-refractivity contribution >= 4 is 12.2 Å². The Bertz CT molecular complexity index is 548. The van der Waals surface area contributed by atoms with Crippen LogP contribution in [0, 0.1) is 11.7 Å².